The third-order valence-electron chi connectivity index (χ3n) is 4.52. The first-order valence-electron chi connectivity index (χ1n) is 8.75. The minimum absolute atomic E-state index is 0.289. The molecule has 0 aliphatic carbocycles. The van der Waals surface area contributed by atoms with Crippen LogP contribution in [0.1, 0.15) is 45.6 Å². The predicted octanol–water partition coefficient (Wildman–Crippen LogP) is 5.08. The van der Waals surface area contributed by atoms with Gasteiger partial charge in [0.05, 0.1) is 0 Å². The van der Waals surface area contributed by atoms with E-state index in [1.807, 2.05) is 0 Å². The molecule has 2 fully saturated rings. The number of hydrogen-bond donors (Lipinski definition) is 0. The Kier molecular flexibility index (Phi) is 6.59. The van der Waals surface area contributed by atoms with E-state index in [2.05, 4.69) is 49.8 Å². The van der Waals surface area contributed by atoms with Gasteiger partial charge in [-0.2, -0.15) is 17.6 Å². The highest BCUT2D eigenvalue weighted by atomic mass is 32.2. The van der Waals surface area contributed by atoms with Crippen molar-refractivity contribution < 1.29 is 26.0 Å². The second kappa shape index (κ2) is 7.91. The molecule has 2 saturated heterocycles. The highest BCUT2D eigenvalue weighted by Crippen LogP contribution is 2.46. The Bertz CT molecular complexity index is 738. The summed E-state index contributed by atoms with van der Waals surface area (Å²) in [6, 6.07) is 9.35. The Hall–Kier alpha value is -0.800. The highest BCUT2D eigenvalue weighted by Gasteiger charge is 2.62. The monoisotopic (exact) mass is 427 g/mol. The van der Waals surface area contributed by atoms with E-state index in [0.717, 1.165) is 0 Å². The second-order valence-electron chi connectivity index (χ2n) is 7.68. The number of sulfonamides is 1. The molecule has 2 aliphatic heterocycles. The molecule has 0 radical (unpaired) electrons. The van der Waals surface area contributed by atoms with Gasteiger partial charge in [-0.25, -0.2) is 8.42 Å². The van der Waals surface area contributed by atoms with Crippen LogP contribution in [0.2, 0.25) is 0 Å². The van der Waals surface area contributed by atoms with Crippen molar-refractivity contribution in [3.63, 3.8) is 0 Å². The van der Waals surface area contributed by atoms with Crippen molar-refractivity contribution >= 4 is 20.9 Å². The van der Waals surface area contributed by atoms with E-state index < -0.39 is 34.2 Å². The SMILES string of the molecule is CC(C)(C)c1ccc([S+]2CCCC2)cc1.O=S1(=O)[N-]CCC(F)(F)C1(F)F. The largest absolute Gasteiger partial charge is 0.543 e. The first kappa shape index (κ1) is 22.5. The number of halogens is 4. The first-order valence-corrected chi connectivity index (χ1v) is 11.8. The molecule has 0 bridgehead atoms. The molecule has 9 heteroatoms. The maximum atomic E-state index is 12.3. The quantitative estimate of drug-likeness (QED) is 0.464. The van der Waals surface area contributed by atoms with Crippen LogP contribution in [0.25, 0.3) is 4.72 Å². The van der Waals surface area contributed by atoms with Crippen molar-refractivity contribution in [3.8, 4) is 0 Å². The molecule has 0 saturated carbocycles. The van der Waals surface area contributed by atoms with Crippen LogP contribution in [-0.4, -0.2) is 37.6 Å². The van der Waals surface area contributed by atoms with Gasteiger partial charge in [0.2, 0.25) is 0 Å². The molecule has 0 aromatic heterocycles. The van der Waals surface area contributed by atoms with Gasteiger partial charge in [0.15, 0.2) is 4.90 Å². The fraction of sp³-hybridized carbons (Fsp3) is 0.667. The number of benzene rings is 1. The highest BCUT2D eigenvalue weighted by molar-refractivity contribution is 7.97. The molecule has 27 heavy (non-hydrogen) atoms. The Labute approximate surface area is 161 Å². The summed E-state index contributed by atoms with van der Waals surface area (Å²) in [5, 5.41) is -5.06. The van der Waals surface area contributed by atoms with Gasteiger partial charge < -0.3 is 4.72 Å². The standard InChI is InChI=1S/C14H21S.C4H4F4NO2S/c1-14(2,3)12-6-8-13(9-7-12)15-10-4-5-11-15;5-3(6)1-2-9-12(10,11)4(3,7)8/h6-9H,4-5,10-11H2,1-3H3;1-2H2/q+1;-1. The molecule has 3 rings (SSSR count). The zero-order valence-corrected chi connectivity index (χ0v) is 17.3. The molecule has 0 amide bonds. The minimum Gasteiger partial charge on any atom is -0.543 e. The van der Waals surface area contributed by atoms with Crippen LogP contribution in [-0.2, 0) is 26.3 Å². The van der Waals surface area contributed by atoms with Crippen LogP contribution in [0, 0.1) is 0 Å². The van der Waals surface area contributed by atoms with E-state index in [9.17, 15) is 26.0 Å². The summed E-state index contributed by atoms with van der Waals surface area (Å²) in [5.74, 6) is -1.66. The summed E-state index contributed by atoms with van der Waals surface area (Å²) in [4.78, 5) is 1.58. The normalized spacial score (nSPS) is 24.1. The first-order chi connectivity index (χ1) is 12.3. The summed E-state index contributed by atoms with van der Waals surface area (Å²) < 4.78 is 72.3. The zero-order valence-electron chi connectivity index (χ0n) is 15.6. The molecule has 0 atom stereocenters. The van der Waals surface area contributed by atoms with Gasteiger partial charge in [-0.05, 0) is 36.0 Å². The van der Waals surface area contributed by atoms with Crippen LogP contribution < -0.4 is 0 Å². The van der Waals surface area contributed by atoms with E-state index >= 15 is 0 Å². The topological polar surface area (TPSA) is 48.2 Å². The summed E-state index contributed by atoms with van der Waals surface area (Å²) in [7, 11) is -4.75. The molecule has 0 N–H and O–H groups in total. The van der Waals surface area contributed by atoms with Crippen molar-refractivity contribution in [1.29, 1.82) is 0 Å². The van der Waals surface area contributed by atoms with Crippen LogP contribution in [0.15, 0.2) is 29.2 Å². The van der Waals surface area contributed by atoms with Gasteiger partial charge in [-0.3, -0.25) is 0 Å². The lowest BCUT2D eigenvalue weighted by molar-refractivity contribution is -0.161. The number of alkyl halides is 4. The van der Waals surface area contributed by atoms with Crippen molar-refractivity contribution in [2.75, 3.05) is 18.1 Å². The average molecular weight is 428 g/mol. The van der Waals surface area contributed by atoms with Crippen LogP contribution in [0.3, 0.4) is 0 Å². The maximum absolute atomic E-state index is 12.3. The van der Waals surface area contributed by atoms with Gasteiger partial charge in [-0.15, -0.1) is 6.54 Å². The summed E-state index contributed by atoms with van der Waals surface area (Å²) in [6.45, 7) is 6.05. The van der Waals surface area contributed by atoms with Crippen molar-refractivity contribution in [2.24, 2.45) is 0 Å². The van der Waals surface area contributed by atoms with Gasteiger partial charge in [0, 0.05) is 17.3 Å². The van der Waals surface area contributed by atoms with Crippen molar-refractivity contribution in [1.82, 2.24) is 0 Å². The molecule has 154 valence electrons. The molecule has 1 aromatic rings. The average Bonchev–Trinajstić information content (AvgIpc) is 3.07. The Morgan fingerprint density at radius 3 is 1.93 bits per heavy atom. The van der Waals surface area contributed by atoms with E-state index in [-0.39, 0.29) is 5.41 Å². The van der Waals surface area contributed by atoms with Crippen molar-refractivity contribution in [3.05, 3.63) is 34.6 Å². The summed E-state index contributed by atoms with van der Waals surface area (Å²) in [6.07, 6.45) is 1.63. The predicted molar refractivity (Wildman–Crippen MR) is 101 cm³/mol. The summed E-state index contributed by atoms with van der Waals surface area (Å²) >= 11 is 0. The Morgan fingerprint density at radius 2 is 1.52 bits per heavy atom. The van der Waals surface area contributed by atoms with E-state index in [1.165, 1.54) is 29.9 Å². The lowest BCUT2D eigenvalue weighted by Crippen LogP contribution is -2.50. The molecular weight excluding hydrogens is 402 g/mol. The van der Waals surface area contributed by atoms with Gasteiger partial charge in [0.25, 0.3) is 0 Å². The minimum atomic E-state index is -5.33. The van der Waals surface area contributed by atoms with Crippen LogP contribution >= 0.6 is 0 Å². The molecule has 2 heterocycles. The third-order valence-corrected chi connectivity index (χ3v) is 8.49. The molecule has 0 unspecified atom stereocenters. The molecule has 2 aliphatic rings. The Balaban J connectivity index is 0.000000199. The molecule has 1 aromatic carbocycles. The van der Waals surface area contributed by atoms with Gasteiger partial charge in [0.1, 0.15) is 21.5 Å². The second-order valence-corrected chi connectivity index (χ2v) is 11.7. The van der Waals surface area contributed by atoms with Gasteiger partial charge >= 0.3 is 11.2 Å². The van der Waals surface area contributed by atoms with Crippen LogP contribution in [0.4, 0.5) is 17.6 Å². The van der Waals surface area contributed by atoms with E-state index in [0.29, 0.717) is 10.9 Å². The lowest BCUT2D eigenvalue weighted by atomic mass is 9.87. The fourth-order valence-electron chi connectivity index (χ4n) is 2.76. The summed E-state index contributed by atoms with van der Waals surface area (Å²) in [5.41, 5.74) is 1.74. The fourth-order valence-corrected chi connectivity index (χ4v) is 6.03. The molecule has 3 nitrogen and oxygen atoms in total. The molecular formula is C18H25F4NO2S2. The van der Waals surface area contributed by atoms with E-state index in [1.54, 1.807) is 4.90 Å². The Morgan fingerprint density at radius 1 is 1.00 bits per heavy atom. The zero-order chi connectivity index (χ0) is 20.5. The number of hydrogen-bond acceptors (Lipinski definition) is 2. The molecule has 0 spiro atoms. The number of rotatable bonds is 1. The van der Waals surface area contributed by atoms with Crippen LogP contribution in [0.5, 0.6) is 0 Å². The maximum Gasteiger partial charge on any atom is 0.391 e. The van der Waals surface area contributed by atoms with Crippen molar-refractivity contribution in [2.45, 2.75) is 61.5 Å². The van der Waals surface area contributed by atoms with Gasteiger partial charge in [-0.1, -0.05) is 32.9 Å². The third kappa shape index (κ3) is 4.98. The smallest absolute Gasteiger partial charge is 0.391 e. The number of nitrogens with zero attached hydrogens (tertiary/aromatic N) is 1. The lowest BCUT2D eigenvalue weighted by Gasteiger charge is -2.38. The van der Waals surface area contributed by atoms with E-state index in [4.69, 9.17) is 0 Å².